The van der Waals surface area contributed by atoms with Gasteiger partial charge in [-0.2, -0.15) is 5.10 Å². The fourth-order valence-electron chi connectivity index (χ4n) is 3.39. The highest BCUT2D eigenvalue weighted by Crippen LogP contribution is 2.25. The number of primary amides is 1. The van der Waals surface area contributed by atoms with Crippen LogP contribution in [0.1, 0.15) is 22.3 Å². The first-order chi connectivity index (χ1) is 15.0. The molecule has 4 rings (SSSR count). The van der Waals surface area contributed by atoms with E-state index in [1.807, 2.05) is 24.3 Å². The van der Waals surface area contributed by atoms with Crippen molar-refractivity contribution < 1.29 is 14.4 Å². The summed E-state index contributed by atoms with van der Waals surface area (Å²) < 4.78 is 0. The molecule has 3 N–H and O–H groups in total. The van der Waals surface area contributed by atoms with Crippen LogP contribution in [0.5, 0.6) is 0 Å². The number of hydrogen-bond acceptors (Lipinski definition) is 5. The minimum atomic E-state index is -0.742. The van der Waals surface area contributed by atoms with Gasteiger partial charge in [0.1, 0.15) is 11.8 Å². The molecule has 0 fully saturated rings. The summed E-state index contributed by atoms with van der Waals surface area (Å²) in [6.07, 6.45) is 0.0959. The van der Waals surface area contributed by atoms with Crippen molar-refractivity contribution in [2.75, 3.05) is 10.3 Å². The van der Waals surface area contributed by atoms with E-state index in [-0.39, 0.29) is 17.9 Å². The Morgan fingerprint density at radius 2 is 1.52 bits per heavy atom. The number of hydrogen-bond donors (Lipinski definition) is 2. The number of anilines is 2. The second-order valence-corrected chi connectivity index (χ2v) is 7.08. The fraction of sp³-hybridized carbons (Fsp3) is 0.0833. The first-order valence-corrected chi connectivity index (χ1v) is 9.75. The van der Waals surface area contributed by atoms with Crippen molar-refractivity contribution in [1.82, 2.24) is 0 Å². The zero-order chi connectivity index (χ0) is 21.8. The maximum atomic E-state index is 12.8. The molecular formula is C24H20N4O3. The van der Waals surface area contributed by atoms with Crippen molar-refractivity contribution in [2.24, 2.45) is 10.8 Å². The molecule has 3 aromatic rings. The molecule has 2 amide bonds. The molecule has 1 unspecified atom stereocenters. The van der Waals surface area contributed by atoms with Gasteiger partial charge in [0.2, 0.25) is 5.91 Å². The molecule has 7 heteroatoms. The van der Waals surface area contributed by atoms with E-state index in [1.165, 1.54) is 5.01 Å². The van der Waals surface area contributed by atoms with Crippen LogP contribution in [0.25, 0.3) is 0 Å². The highest BCUT2D eigenvalue weighted by molar-refractivity contribution is 6.44. The van der Waals surface area contributed by atoms with Crippen LogP contribution in [0, 0.1) is 0 Å². The number of carbonyl (C=O) groups is 3. The lowest BCUT2D eigenvalue weighted by molar-refractivity contribution is -0.119. The number of hydrazone groups is 1. The minimum Gasteiger partial charge on any atom is -0.368 e. The average molecular weight is 412 g/mol. The Kier molecular flexibility index (Phi) is 5.57. The fourth-order valence-corrected chi connectivity index (χ4v) is 3.39. The molecule has 1 atom stereocenters. The quantitative estimate of drug-likeness (QED) is 0.607. The Morgan fingerprint density at radius 3 is 2.19 bits per heavy atom. The van der Waals surface area contributed by atoms with Crippen LogP contribution in [-0.4, -0.2) is 29.4 Å². The SMILES string of the molecule is NC(=O)C1CC(C(=O)Nc2cccc(C(=O)c3ccccc3)c2)=NN1c1ccccc1. The summed E-state index contributed by atoms with van der Waals surface area (Å²) in [5.41, 5.74) is 7.87. The summed E-state index contributed by atoms with van der Waals surface area (Å²) in [7, 11) is 0. The molecule has 3 aromatic carbocycles. The first kappa shape index (κ1) is 20.0. The van der Waals surface area contributed by atoms with Crippen LogP contribution in [-0.2, 0) is 9.59 Å². The molecule has 0 aromatic heterocycles. The van der Waals surface area contributed by atoms with Gasteiger partial charge in [-0.1, -0.05) is 60.7 Å². The summed E-state index contributed by atoms with van der Waals surface area (Å²) >= 11 is 0. The smallest absolute Gasteiger partial charge is 0.271 e. The summed E-state index contributed by atoms with van der Waals surface area (Å²) in [6.45, 7) is 0. The molecule has 154 valence electrons. The summed E-state index contributed by atoms with van der Waals surface area (Å²) in [5, 5.41) is 8.56. The van der Waals surface area contributed by atoms with Gasteiger partial charge < -0.3 is 11.1 Å². The van der Waals surface area contributed by atoms with E-state index < -0.39 is 17.9 Å². The Bertz CT molecular complexity index is 1160. The standard InChI is InChI=1S/C24H20N4O3/c25-23(30)21-15-20(27-28(21)19-12-5-2-6-13-19)24(31)26-18-11-7-10-17(14-18)22(29)16-8-3-1-4-9-16/h1-14,21H,15H2,(H2,25,30)(H,26,31). The van der Waals surface area contributed by atoms with Gasteiger partial charge in [0.15, 0.2) is 5.78 Å². The van der Waals surface area contributed by atoms with Gasteiger partial charge in [-0.15, -0.1) is 0 Å². The zero-order valence-corrected chi connectivity index (χ0v) is 16.6. The molecule has 0 radical (unpaired) electrons. The number of carbonyl (C=O) groups excluding carboxylic acids is 3. The van der Waals surface area contributed by atoms with E-state index in [0.717, 1.165) is 0 Å². The lowest BCUT2D eigenvalue weighted by Gasteiger charge is -2.20. The number of nitrogens with two attached hydrogens (primary N) is 1. The zero-order valence-electron chi connectivity index (χ0n) is 16.6. The van der Waals surface area contributed by atoms with Crippen molar-refractivity contribution in [3.05, 3.63) is 96.1 Å². The molecule has 0 saturated carbocycles. The Balaban J connectivity index is 1.53. The van der Waals surface area contributed by atoms with Gasteiger partial charge >= 0.3 is 0 Å². The van der Waals surface area contributed by atoms with Crippen LogP contribution < -0.4 is 16.1 Å². The number of amides is 2. The molecule has 0 bridgehead atoms. The Labute approximate surface area is 179 Å². The molecule has 7 nitrogen and oxygen atoms in total. The van der Waals surface area contributed by atoms with Crippen LogP contribution >= 0.6 is 0 Å². The Morgan fingerprint density at radius 1 is 0.871 bits per heavy atom. The number of nitrogens with one attached hydrogen (secondary N) is 1. The van der Waals surface area contributed by atoms with E-state index in [4.69, 9.17) is 5.73 Å². The monoisotopic (exact) mass is 412 g/mol. The molecule has 1 aliphatic heterocycles. The third-order valence-corrected chi connectivity index (χ3v) is 4.94. The lowest BCUT2D eigenvalue weighted by Crippen LogP contribution is -2.39. The highest BCUT2D eigenvalue weighted by Gasteiger charge is 2.35. The van der Waals surface area contributed by atoms with E-state index >= 15 is 0 Å². The normalized spacial score (nSPS) is 15.3. The third-order valence-electron chi connectivity index (χ3n) is 4.94. The topological polar surface area (TPSA) is 105 Å². The molecule has 1 heterocycles. The first-order valence-electron chi connectivity index (χ1n) is 9.75. The maximum Gasteiger partial charge on any atom is 0.271 e. The summed E-state index contributed by atoms with van der Waals surface area (Å²) in [4.78, 5) is 37.4. The molecule has 1 aliphatic rings. The van der Waals surface area contributed by atoms with Crippen molar-refractivity contribution in [3.8, 4) is 0 Å². The molecular weight excluding hydrogens is 392 g/mol. The summed E-state index contributed by atoms with van der Waals surface area (Å²) in [6, 6.07) is 23.9. The van der Waals surface area contributed by atoms with Crippen molar-refractivity contribution in [3.63, 3.8) is 0 Å². The summed E-state index contributed by atoms with van der Waals surface area (Å²) in [5.74, 6) is -1.15. The van der Waals surface area contributed by atoms with E-state index in [9.17, 15) is 14.4 Å². The molecule has 31 heavy (non-hydrogen) atoms. The maximum absolute atomic E-state index is 12.8. The number of ketones is 1. The van der Waals surface area contributed by atoms with Crippen molar-refractivity contribution in [2.45, 2.75) is 12.5 Å². The van der Waals surface area contributed by atoms with Gasteiger partial charge in [0.05, 0.1) is 5.69 Å². The predicted octanol–water partition coefficient (Wildman–Crippen LogP) is 2.98. The van der Waals surface area contributed by atoms with E-state index in [2.05, 4.69) is 10.4 Å². The van der Waals surface area contributed by atoms with Crippen molar-refractivity contribution in [1.29, 1.82) is 0 Å². The van der Waals surface area contributed by atoms with Gasteiger partial charge in [-0.25, -0.2) is 0 Å². The van der Waals surface area contributed by atoms with Crippen molar-refractivity contribution >= 4 is 34.7 Å². The number of nitrogens with zero attached hydrogens (tertiary/aromatic N) is 2. The molecule has 0 spiro atoms. The number of rotatable bonds is 6. The predicted molar refractivity (Wildman–Crippen MR) is 119 cm³/mol. The number of benzene rings is 3. The van der Waals surface area contributed by atoms with Gasteiger partial charge in [0.25, 0.3) is 5.91 Å². The van der Waals surface area contributed by atoms with Crippen LogP contribution in [0.2, 0.25) is 0 Å². The van der Waals surface area contributed by atoms with Crippen LogP contribution in [0.15, 0.2) is 90.0 Å². The molecule has 0 aliphatic carbocycles. The Hall–Kier alpha value is -4.26. The van der Waals surface area contributed by atoms with Crippen LogP contribution in [0.3, 0.4) is 0 Å². The number of para-hydroxylation sites is 1. The average Bonchev–Trinajstić information content (AvgIpc) is 3.26. The second kappa shape index (κ2) is 8.62. The van der Waals surface area contributed by atoms with Gasteiger partial charge in [-0.05, 0) is 24.3 Å². The second-order valence-electron chi connectivity index (χ2n) is 7.08. The largest absolute Gasteiger partial charge is 0.368 e. The van der Waals surface area contributed by atoms with E-state index in [0.29, 0.717) is 22.5 Å². The molecule has 0 saturated heterocycles. The van der Waals surface area contributed by atoms with Gasteiger partial charge in [-0.3, -0.25) is 19.4 Å². The third kappa shape index (κ3) is 4.35. The minimum absolute atomic E-state index is 0.0959. The highest BCUT2D eigenvalue weighted by atomic mass is 16.2. The van der Waals surface area contributed by atoms with E-state index in [1.54, 1.807) is 60.7 Å². The lowest BCUT2D eigenvalue weighted by atomic mass is 10.0. The van der Waals surface area contributed by atoms with Crippen LogP contribution in [0.4, 0.5) is 11.4 Å². The van der Waals surface area contributed by atoms with Gasteiger partial charge in [0, 0.05) is 23.2 Å².